The van der Waals surface area contributed by atoms with E-state index in [1.807, 2.05) is 18.7 Å². The van der Waals surface area contributed by atoms with Crippen molar-refractivity contribution >= 4 is 11.8 Å². The summed E-state index contributed by atoms with van der Waals surface area (Å²) in [5.41, 5.74) is 0.815. The highest BCUT2D eigenvalue weighted by Gasteiger charge is 2.19. The van der Waals surface area contributed by atoms with E-state index in [2.05, 4.69) is 4.98 Å². The molecule has 1 aromatic rings. The Morgan fingerprint density at radius 1 is 1.64 bits per heavy atom. The number of pyridine rings is 1. The first-order valence-electron chi connectivity index (χ1n) is 4.62. The number of aryl methyl sites for hydroxylation is 1. The molecule has 1 saturated heterocycles. The van der Waals surface area contributed by atoms with Gasteiger partial charge < -0.3 is 4.74 Å². The molecule has 0 aliphatic carbocycles. The van der Waals surface area contributed by atoms with Crippen LogP contribution in [0.4, 0.5) is 4.39 Å². The molecule has 2 rings (SSSR count). The van der Waals surface area contributed by atoms with Crippen molar-refractivity contribution in [1.29, 1.82) is 0 Å². The van der Waals surface area contributed by atoms with E-state index in [9.17, 15) is 4.39 Å². The standard InChI is InChI=1S/C10H12FNOS/c1-7-4-9(11)10(12-5-7)13-8-2-3-14-6-8/h4-5,8H,2-3,6H2,1H3. The Kier molecular flexibility index (Phi) is 2.91. The van der Waals surface area contributed by atoms with Crippen LogP contribution >= 0.6 is 11.8 Å². The van der Waals surface area contributed by atoms with Gasteiger partial charge in [-0.2, -0.15) is 11.8 Å². The molecule has 1 atom stereocenters. The fourth-order valence-corrected chi connectivity index (χ4v) is 2.47. The molecule has 1 aliphatic heterocycles. The van der Waals surface area contributed by atoms with E-state index in [0.717, 1.165) is 23.5 Å². The summed E-state index contributed by atoms with van der Waals surface area (Å²) in [6.45, 7) is 1.81. The fourth-order valence-electron chi connectivity index (χ4n) is 1.37. The SMILES string of the molecule is Cc1cnc(OC2CCSC2)c(F)c1. The van der Waals surface area contributed by atoms with E-state index in [0.29, 0.717) is 0 Å². The third kappa shape index (κ3) is 2.18. The molecule has 4 heteroatoms. The lowest BCUT2D eigenvalue weighted by atomic mass is 10.3. The molecular weight excluding hydrogens is 201 g/mol. The monoisotopic (exact) mass is 213 g/mol. The molecule has 2 nitrogen and oxygen atoms in total. The molecule has 1 fully saturated rings. The fraction of sp³-hybridized carbons (Fsp3) is 0.500. The number of hydrogen-bond donors (Lipinski definition) is 0. The van der Waals surface area contributed by atoms with Crippen LogP contribution in [0, 0.1) is 12.7 Å². The van der Waals surface area contributed by atoms with Crippen molar-refractivity contribution < 1.29 is 9.13 Å². The van der Waals surface area contributed by atoms with Gasteiger partial charge in [0.25, 0.3) is 5.88 Å². The van der Waals surface area contributed by atoms with Gasteiger partial charge in [0.2, 0.25) is 0 Å². The molecule has 0 N–H and O–H groups in total. The summed E-state index contributed by atoms with van der Waals surface area (Å²) in [6.07, 6.45) is 2.74. The Hall–Kier alpha value is -0.770. The molecule has 0 saturated carbocycles. The van der Waals surface area contributed by atoms with Gasteiger partial charge in [-0.1, -0.05) is 0 Å². The Balaban J connectivity index is 2.08. The Morgan fingerprint density at radius 2 is 2.50 bits per heavy atom. The van der Waals surface area contributed by atoms with Gasteiger partial charge in [0.05, 0.1) is 0 Å². The molecule has 1 unspecified atom stereocenters. The summed E-state index contributed by atoms with van der Waals surface area (Å²) in [5.74, 6) is 1.82. The first-order valence-corrected chi connectivity index (χ1v) is 5.78. The zero-order chi connectivity index (χ0) is 9.97. The second kappa shape index (κ2) is 4.17. The van der Waals surface area contributed by atoms with Crippen LogP contribution in [0.25, 0.3) is 0 Å². The number of ether oxygens (including phenoxy) is 1. The minimum atomic E-state index is -0.359. The number of nitrogens with zero attached hydrogens (tertiary/aromatic N) is 1. The summed E-state index contributed by atoms with van der Waals surface area (Å²) < 4.78 is 18.8. The van der Waals surface area contributed by atoms with E-state index in [4.69, 9.17) is 4.74 Å². The van der Waals surface area contributed by atoms with Crippen LogP contribution in [-0.4, -0.2) is 22.6 Å². The molecule has 0 spiro atoms. The topological polar surface area (TPSA) is 22.1 Å². The number of hydrogen-bond acceptors (Lipinski definition) is 3. The molecule has 0 aromatic carbocycles. The summed E-state index contributed by atoms with van der Waals surface area (Å²) in [5, 5.41) is 0. The molecule has 76 valence electrons. The number of rotatable bonds is 2. The number of thioether (sulfide) groups is 1. The molecule has 14 heavy (non-hydrogen) atoms. The van der Waals surface area contributed by atoms with Crippen LogP contribution in [0.3, 0.4) is 0 Å². The predicted molar refractivity (Wildman–Crippen MR) is 55.3 cm³/mol. The Labute approximate surface area is 86.9 Å². The van der Waals surface area contributed by atoms with E-state index in [-0.39, 0.29) is 17.8 Å². The third-order valence-corrected chi connectivity index (χ3v) is 3.24. The maximum absolute atomic E-state index is 13.3. The van der Waals surface area contributed by atoms with Gasteiger partial charge in [0.1, 0.15) is 6.10 Å². The summed E-state index contributed by atoms with van der Waals surface area (Å²) in [6, 6.07) is 1.45. The van der Waals surface area contributed by atoms with Gasteiger partial charge in [-0.15, -0.1) is 0 Å². The third-order valence-electron chi connectivity index (χ3n) is 2.11. The van der Waals surface area contributed by atoms with Crippen molar-refractivity contribution in [1.82, 2.24) is 4.98 Å². The molecular formula is C10H12FNOS. The Morgan fingerprint density at radius 3 is 3.14 bits per heavy atom. The van der Waals surface area contributed by atoms with Gasteiger partial charge >= 0.3 is 0 Å². The summed E-state index contributed by atoms with van der Waals surface area (Å²) >= 11 is 1.84. The van der Waals surface area contributed by atoms with Gasteiger partial charge in [0, 0.05) is 11.9 Å². The average Bonchev–Trinajstić information content (AvgIpc) is 2.62. The van der Waals surface area contributed by atoms with Crippen LogP contribution in [0.5, 0.6) is 5.88 Å². The minimum Gasteiger partial charge on any atom is -0.471 e. The molecule has 0 amide bonds. The van der Waals surface area contributed by atoms with Crippen molar-refractivity contribution in [2.75, 3.05) is 11.5 Å². The van der Waals surface area contributed by atoms with E-state index in [1.165, 1.54) is 6.07 Å². The van der Waals surface area contributed by atoms with Crippen molar-refractivity contribution in [2.24, 2.45) is 0 Å². The highest BCUT2D eigenvalue weighted by Crippen LogP contribution is 2.23. The lowest BCUT2D eigenvalue weighted by molar-refractivity contribution is 0.209. The maximum atomic E-state index is 13.3. The lowest BCUT2D eigenvalue weighted by Gasteiger charge is -2.11. The predicted octanol–water partition coefficient (Wildman–Crippen LogP) is 2.41. The normalized spacial score (nSPS) is 21.1. The van der Waals surface area contributed by atoms with Crippen LogP contribution in [0.2, 0.25) is 0 Å². The van der Waals surface area contributed by atoms with Gasteiger partial charge in [0.15, 0.2) is 5.82 Å². The van der Waals surface area contributed by atoms with Crippen molar-refractivity contribution in [3.63, 3.8) is 0 Å². The van der Waals surface area contributed by atoms with Crippen molar-refractivity contribution in [3.8, 4) is 5.88 Å². The summed E-state index contributed by atoms with van der Waals surface area (Å²) in [7, 11) is 0. The zero-order valence-corrected chi connectivity index (χ0v) is 8.81. The molecule has 2 heterocycles. The minimum absolute atomic E-state index is 0.129. The van der Waals surface area contributed by atoms with Crippen LogP contribution in [0.15, 0.2) is 12.3 Å². The van der Waals surface area contributed by atoms with Gasteiger partial charge in [-0.3, -0.25) is 0 Å². The highest BCUT2D eigenvalue weighted by atomic mass is 32.2. The average molecular weight is 213 g/mol. The second-order valence-electron chi connectivity index (χ2n) is 3.40. The van der Waals surface area contributed by atoms with Gasteiger partial charge in [-0.05, 0) is 30.7 Å². The largest absolute Gasteiger partial charge is 0.471 e. The molecule has 1 aromatic heterocycles. The van der Waals surface area contributed by atoms with Crippen molar-refractivity contribution in [2.45, 2.75) is 19.4 Å². The van der Waals surface area contributed by atoms with E-state index < -0.39 is 0 Å². The molecule has 0 bridgehead atoms. The second-order valence-corrected chi connectivity index (χ2v) is 4.55. The van der Waals surface area contributed by atoms with E-state index in [1.54, 1.807) is 6.20 Å². The van der Waals surface area contributed by atoms with Crippen LogP contribution in [-0.2, 0) is 0 Å². The quantitative estimate of drug-likeness (QED) is 0.753. The van der Waals surface area contributed by atoms with Gasteiger partial charge in [-0.25, -0.2) is 9.37 Å². The molecule has 1 aliphatic rings. The molecule has 0 radical (unpaired) electrons. The maximum Gasteiger partial charge on any atom is 0.250 e. The Bertz CT molecular complexity index is 326. The van der Waals surface area contributed by atoms with Crippen LogP contribution < -0.4 is 4.74 Å². The smallest absolute Gasteiger partial charge is 0.250 e. The first kappa shape index (κ1) is 9.77. The highest BCUT2D eigenvalue weighted by molar-refractivity contribution is 7.99. The van der Waals surface area contributed by atoms with Crippen molar-refractivity contribution in [3.05, 3.63) is 23.6 Å². The number of halogens is 1. The number of aromatic nitrogens is 1. The van der Waals surface area contributed by atoms with E-state index >= 15 is 0 Å². The first-order chi connectivity index (χ1) is 6.75. The zero-order valence-electron chi connectivity index (χ0n) is 8.00. The summed E-state index contributed by atoms with van der Waals surface area (Å²) in [4.78, 5) is 3.93. The van der Waals surface area contributed by atoms with Crippen LogP contribution in [0.1, 0.15) is 12.0 Å². The lowest BCUT2D eigenvalue weighted by Crippen LogP contribution is -2.16.